The van der Waals surface area contributed by atoms with E-state index >= 15 is 0 Å². The van der Waals surface area contributed by atoms with Crippen LogP contribution in [0.4, 0.5) is 0 Å². The standard InChI is InChI=1S/C5H10S/c1-3-5-6-4-2/h1H,3-5H2,2H3. The zero-order valence-corrected chi connectivity index (χ0v) is 4.92. The Morgan fingerprint density at radius 2 is 2.33 bits per heavy atom. The molecular weight excluding hydrogens is 92.1 g/mol. The molecule has 0 rings (SSSR count). The summed E-state index contributed by atoms with van der Waals surface area (Å²) < 4.78 is 0. The second-order valence-electron chi connectivity index (χ2n) is 0.986. The average Bonchev–Trinajstić information content (AvgIpc) is 1.61. The van der Waals surface area contributed by atoms with Crippen LogP contribution in [0.5, 0.6) is 0 Å². The van der Waals surface area contributed by atoms with Crippen molar-refractivity contribution in [2.75, 3.05) is 11.5 Å². The van der Waals surface area contributed by atoms with Crippen molar-refractivity contribution in [2.45, 2.75) is 13.3 Å². The molecule has 0 aromatic carbocycles. The van der Waals surface area contributed by atoms with Gasteiger partial charge in [0.25, 0.3) is 0 Å². The molecule has 0 fully saturated rings. The van der Waals surface area contributed by atoms with E-state index in [-0.39, 0.29) is 0 Å². The van der Waals surface area contributed by atoms with Crippen molar-refractivity contribution < 1.29 is 0 Å². The van der Waals surface area contributed by atoms with E-state index in [4.69, 9.17) is 6.92 Å². The summed E-state index contributed by atoms with van der Waals surface area (Å²) in [5, 5.41) is 0. The maximum atomic E-state index is 5.19. The monoisotopic (exact) mass is 102 g/mol. The molecule has 0 heterocycles. The van der Waals surface area contributed by atoms with Crippen LogP contribution in [0.3, 0.4) is 0 Å². The molecule has 0 aromatic heterocycles. The van der Waals surface area contributed by atoms with Gasteiger partial charge in [-0.05, 0) is 24.9 Å². The van der Waals surface area contributed by atoms with Crippen LogP contribution in [0.1, 0.15) is 13.3 Å². The van der Waals surface area contributed by atoms with Crippen LogP contribution >= 0.6 is 11.8 Å². The zero-order chi connectivity index (χ0) is 4.83. The van der Waals surface area contributed by atoms with E-state index in [1.807, 2.05) is 11.8 Å². The van der Waals surface area contributed by atoms with Gasteiger partial charge in [-0.15, -0.1) is 0 Å². The number of hydrogen-bond acceptors (Lipinski definition) is 1. The third kappa shape index (κ3) is 4.35. The molecule has 0 saturated heterocycles. The van der Waals surface area contributed by atoms with Crippen molar-refractivity contribution in [3.63, 3.8) is 0 Å². The minimum absolute atomic E-state index is 0.818. The molecule has 2 radical (unpaired) electrons. The molecule has 0 aromatic rings. The zero-order valence-electron chi connectivity index (χ0n) is 4.11. The fraction of sp³-hybridized carbons (Fsp3) is 0.800. The predicted octanol–water partition coefficient (Wildman–Crippen LogP) is 1.84. The third-order valence-corrected chi connectivity index (χ3v) is 1.40. The van der Waals surface area contributed by atoms with Gasteiger partial charge in [0, 0.05) is 0 Å². The molecule has 0 N–H and O–H groups in total. The van der Waals surface area contributed by atoms with E-state index in [9.17, 15) is 0 Å². The topological polar surface area (TPSA) is 0 Å². The average molecular weight is 102 g/mol. The van der Waals surface area contributed by atoms with Crippen molar-refractivity contribution in [3.05, 3.63) is 6.92 Å². The second kappa shape index (κ2) is 5.35. The van der Waals surface area contributed by atoms with Gasteiger partial charge >= 0.3 is 0 Å². The van der Waals surface area contributed by atoms with Gasteiger partial charge in [0.15, 0.2) is 0 Å². The molecule has 0 atom stereocenters. The Bertz CT molecular complexity index is 15.9. The van der Waals surface area contributed by atoms with E-state index < -0.39 is 0 Å². The van der Waals surface area contributed by atoms with Gasteiger partial charge in [-0.2, -0.15) is 11.8 Å². The molecule has 36 valence electrons. The summed E-state index contributed by atoms with van der Waals surface area (Å²) in [6.45, 7) is 7.33. The van der Waals surface area contributed by atoms with Crippen LogP contribution in [0.2, 0.25) is 0 Å². The Kier molecular flexibility index (Phi) is 5.66. The summed E-state index contributed by atoms with van der Waals surface area (Å²) >= 11 is 1.88. The highest BCUT2D eigenvalue weighted by Gasteiger charge is 1.75. The van der Waals surface area contributed by atoms with E-state index in [1.54, 1.807) is 0 Å². The highest BCUT2D eigenvalue weighted by atomic mass is 32.2. The molecular formula is C5H10S. The van der Waals surface area contributed by atoms with Crippen molar-refractivity contribution in [1.82, 2.24) is 0 Å². The summed E-state index contributed by atoms with van der Waals surface area (Å²) in [4.78, 5) is 0. The molecule has 0 unspecified atom stereocenters. The molecule has 1 heteroatoms. The largest absolute Gasteiger partial charge is 0.162 e. The fourth-order valence-electron chi connectivity index (χ4n) is 0.228. The van der Waals surface area contributed by atoms with Crippen LogP contribution in [0, 0.1) is 6.92 Å². The minimum Gasteiger partial charge on any atom is -0.162 e. The lowest BCUT2D eigenvalue weighted by Crippen LogP contribution is -1.72. The van der Waals surface area contributed by atoms with Crippen LogP contribution in [-0.2, 0) is 0 Å². The Morgan fingerprint density at radius 1 is 1.67 bits per heavy atom. The Hall–Kier alpha value is 0.350. The highest BCUT2D eigenvalue weighted by Crippen LogP contribution is 1.98. The van der Waals surface area contributed by atoms with Gasteiger partial charge in [0.1, 0.15) is 0 Å². The first-order chi connectivity index (χ1) is 2.91. The molecule has 0 saturated carbocycles. The van der Waals surface area contributed by atoms with Crippen molar-refractivity contribution in [1.29, 1.82) is 0 Å². The van der Waals surface area contributed by atoms with Crippen LogP contribution < -0.4 is 0 Å². The van der Waals surface area contributed by atoms with Gasteiger partial charge in [-0.1, -0.05) is 6.92 Å². The van der Waals surface area contributed by atoms with Gasteiger partial charge in [0.05, 0.1) is 0 Å². The third-order valence-electron chi connectivity index (χ3n) is 0.466. The molecule has 0 aliphatic heterocycles. The van der Waals surface area contributed by atoms with Gasteiger partial charge in [-0.25, -0.2) is 0 Å². The summed E-state index contributed by atoms with van der Waals surface area (Å²) in [5.41, 5.74) is 0. The Balaban J connectivity index is 2.34. The lowest BCUT2D eigenvalue weighted by molar-refractivity contribution is 1.24. The van der Waals surface area contributed by atoms with E-state index in [0.29, 0.717) is 0 Å². The maximum absolute atomic E-state index is 5.19. The number of hydrogen-bond donors (Lipinski definition) is 0. The Morgan fingerprint density at radius 3 is 2.50 bits per heavy atom. The second-order valence-corrected chi connectivity index (χ2v) is 2.38. The number of rotatable bonds is 3. The minimum atomic E-state index is 0.818. The van der Waals surface area contributed by atoms with E-state index in [1.165, 1.54) is 5.75 Å². The van der Waals surface area contributed by atoms with Gasteiger partial charge < -0.3 is 0 Å². The summed E-state index contributed by atoms with van der Waals surface area (Å²) in [6.07, 6.45) is 0.818. The van der Waals surface area contributed by atoms with Crippen LogP contribution in [0.15, 0.2) is 0 Å². The van der Waals surface area contributed by atoms with Gasteiger partial charge in [0.2, 0.25) is 0 Å². The lowest BCUT2D eigenvalue weighted by atomic mass is 10.6. The predicted molar refractivity (Wildman–Crippen MR) is 31.9 cm³/mol. The van der Waals surface area contributed by atoms with Crippen molar-refractivity contribution in [2.24, 2.45) is 0 Å². The maximum Gasteiger partial charge on any atom is -0.00648 e. The van der Waals surface area contributed by atoms with Crippen LogP contribution in [0.25, 0.3) is 0 Å². The quantitative estimate of drug-likeness (QED) is 0.490. The molecule has 0 nitrogen and oxygen atoms in total. The van der Waals surface area contributed by atoms with Gasteiger partial charge in [-0.3, -0.25) is 0 Å². The molecule has 0 bridgehead atoms. The van der Waals surface area contributed by atoms with E-state index in [0.717, 1.165) is 12.2 Å². The molecule has 0 amide bonds. The smallest absolute Gasteiger partial charge is 0.00648 e. The molecule has 0 spiro atoms. The molecule has 6 heavy (non-hydrogen) atoms. The Labute approximate surface area is 44.3 Å². The van der Waals surface area contributed by atoms with Crippen LogP contribution in [-0.4, -0.2) is 11.5 Å². The number of thioether (sulfide) groups is 1. The summed E-state index contributed by atoms with van der Waals surface area (Å²) in [5.74, 6) is 2.30. The first-order valence-corrected chi connectivity index (χ1v) is 3.35. The SMILES string of the molecule is [CH]CCSCC. The highest BCUT2D eigenvalue weighted by molar-refractivity contribution is 7.99. The summed E-state index contributed by atoms with van der Waals surface area (Å²) in [6, 6.07) is 0. The first-order valence-electron chi connectivity index (χ1n) is 2.19. The lowest BCUT2D eigenvalue weighted by Gasteiger charge is -1.86. The molecule has 0 aliphatic rings. The summed E-state index contributed by atoms with van der Waals surface area (Å²) in [7, 11) is 0. The fourth-order valence-corrected chi connectivity index (χ4v) is 0.683. The normalized spacial score (nSPS) is 9.00. The molecule has 0 aliphatic carbocycles. The first kappa shape index (κ1) is 6.35. The van der Waals surface area contributed by atoms with E-state index in [2.05, 4.69) is 6.92 Å². The van der Waals surface area contributed by atoms with Crippen molar-refractivity contribution in [3.8, 4) is 0 Å². The van der Waals surface area contributed by atoms with Crippen molar-refractivity contribution >= 4 is 11.8 Å².